The van der Waals surface area contributed by atoms with Crippen molar-refractivity contribution in [2.24, 2.45) is 5.92 Å². The van der Waals surface area contributed by atoms with Gasteiger partial charge >= 0.3 is 0 Å². The summed E-state index contributed by atoms with van der Waals surface area (Å²) in [6.07, 6.45) is 14.7. The molecule has 0 N–H and O–H groups in total. The van der Waals surface area contributed by atoms with Gasteiger partial charge in [-0.3, -0.25) is 0 Å². The Morgan fingerprint density at radius 2 is 2.42 bits per heavy atom. The summed E-state index contributed by atoms with van der Waals surface area (Å²) in [4.78, 5) is 0. The summed E-state index contributed by atoms with van der Waals surface area (Å²) in [6.45, 7) is 3.94. The average Bonchev–Trinajstić information content (AvgIpc) is 2.56. The fourth-order valence-electron chi connectivity index (χ4n) is 2.00. The van der Waals surface area contributed by atoms with Crippen LogP contribution < -0.4 is 0 Å². The lowest BCUT2D eigenvalue weighted by Crippen LogP contribution is -2.01. The van der Waals surface area contributed by atoms with Gasteiger partial charge in [-0.25, -0.2) is 0 Å². The molecule has 1 unspecified atom stereocenters. The van der Waals surface area contributed by atoms with Gasteiger partial charge in [-0.05, 0) is 49.7 Å². The maximum atomic E-state index is 3.94. The van der Waals surface area contributed by atoms with E-state index in [1.165, 1.54) is 19.3 Å². The lowest BCUT2D eigenvalue weighted by atomic mass is 9.89. The van der Waals surface area contributed by atoms with Gasteiger partial charge in [-0.1, -0.05) is 24.3 Å². The number of hydrogen-bond donors (Lipinski definition) is 0. The molecule has 1 fully saturated rings. The highest BCUT2D eigenvalue weighted by atomic mass is 14.2. The first-order chi connectivity index (χ1) is 5.86. The Hall–Kier alpha value is -0.780. The Kier molecular flexibility index (Phi) is 2.16. The summed E-state index contributed by atoms with van der Waals surface area (Å²) in [5, 5.41) is 0. The first-order valence-electron chi connectivity index (χ1n) is 4.64. The van der Waals surface area contributed by atoms with Crippen molar-refractivity contribution in [3.05, 3.63) is 42.4 Å². The third-order valence-electron chi connectivity index (χ3n) is 2.70. The Morgan fingerprint density at radius 3 is 3.08 bits per heavy atom. The van der Waals surface area contributed by atoms with E-state index in [1.807, 2.05) is 6.08 Å². The van der Waals surface area contributed by atoms with Gasteiger partial charge in [0, 0.05) is 0 Å². The highest BCUT2D eigenvalue weighted by molar-refractivity contribution is 5.30. The second-order valence-corrected chi connectivity index (χ2v) is 3.63. The highest BCUT2D eigenvalue weighted by Gasteiger charge is 2.19. The van der Waals surface area contributed by atoms with Crippen molar-refractivity contribution in [2.75, 3.05) is 0 Å². The van der Waals surface area contributed by atoms with E-state index >= 15 is 0 Å². The van der Waals surface area contributed by atoms with Crippen LogP contribution in [-0.2, 0) is 0 Å². The van der Waals surface area contributed by atoms with Crippen LogP contribution in [0.2, 0.25) is 0 Å². The van der Waals surface area contributed by atoms with Gasteiger partial charge in [0.1, 0.15) is 0 Å². The van der Waals surface area contributed by atoms with Crippen LogP contribution in [0.1, 0.15) is 25.7 Å². The Labute approximate surface area is 74.7 Å². The molecule has 1 saturated carbocycles. The van der Waals surface area contributed by atoms with Crippen LogP contribution >= 0.6 is 0 Å². The van der Waals surface area contributed by atoms with E-state index in [1.54, 1.807) is 5.57 Å². The quantitative estimate of drug-likeness (QED) is 0.549. The lowest BCUT2D eigenvalue weighted by molar-refractivity contribution is 0.631. The third kappa shape index (κ3) is 1.52. The molecule has 0 heteroatoms. The maximum absolute atomic E-state index is 3.94. The SMILES string of the molecule is C=C1[C]=CC=C(C2C[CH]CC2)C1. The summed E-state index contributed by atoms with van der Waals surface area (Å²) >= 11 is 0. The van der Waals surface area contributed by atoms with Crippen molar-refractivity contribution >= 4 is 0 Å². The first-order valence-corrected chi connectivity index (χ1v) is 4.64. The van der Waals surface area contributed by atoms with Crippen molar-refractivity contribution in [3.63, 3.8) is 0 Å². The van der Waals surface area contributed by atoms with Crippen LogP contribution in [0.4, 0.5) is 0 Å². The smallest absolute Gasteiger partial charge is 0.00609 e. The van der Waals surface area contributed by atoms with E-state index in [-0.39, 0.29) is 0 Å². The minimum Gasteiger partial charge on any atom is -0.0949 e. The predicted molar refractivity (Wildman–Crippen MR) is 51.3 cm³/mol. The molecule has 2 radical (unpaired) electrons. The fourth-order valence-corrected chi connectivity index (χ4v) is 2.00. The van der Waals surface area contributed by atoms with Crippen LogP contribution in [0.15, 0.2) is 29.9 Å². The molecule has 0 aromatic carbocycles. The standard InChI is InChI=1S/C12H14/c1-10-5-4-8-12(9-10)11-6-2-3-7-11/h2,4,8,11H,1,3,6-7,9H2. The van der Waals surface area contributed by atoms with Gasteiger partial charge in [0.05, 0.1) is 0 Å². The molecule has 0 saturated heterocycles. The Balaban J connectivity index is 2.07. The van der Waals surface area contributed by atoms with Crippen molar-refractivity contribution < 1.29 is 0 Å². The molecule has 1 atom stereocenters. The summed E-state index contributed by atoms with van der Waals surface area (Å²) in [5.74, 6) is 0.806. The van der Waals surface area contributed by atoms with Gasteiger partial charge in [0.2, 0.25) is 0 Å². The molecule has 0 spiro atoms. The highest BCUT2D eigenvalue weighted by Crippen LogP contribution is 2.34. The maximum Gasteiger partial charge on any atom is -0.00609 e. The Morgan fingerprint density at radius 1 is 1.50 bits per heavy atom. The molecular formula is C12H14. The zero-order valence-electron chi connectivity index (χ0n) is 7.34. The van der Waals surface area contributed by atoms with Crippen LogP contribution in [0.3, 0.4) is 0 Å². The molecule has 0 nitrogen and oxygen atoms in total. The van der Waals surface area contributed by atoms with E-state index in [4.69, 9.17) is 0 Å². The van der Waals surface area contributed by atoms with Gasteiger partial charge in [-0.15, -0.1) is 0 Å². The summed E-state index contributed by atoms with van der Waals surface area (Å²) in [5.41, 5.74) is 2.70. The monoisotopic (exact) mass is 158 g/mol. The van der Waals surface area contributed by atoms with Crippen LogP contribution in [0.5, 0.6) is 0 Å². The van der Waals surface area contributed by atoms with Gasteiger partial charge < -0.3 is 0 Å². The van der Waals surface area contributed by atoms with Gasteiger partial charge in [0.25, 0.3) is 0 Å². The van der Waals surface area contributed by atoms with E-state index < -0.39 is 0 Å². The second kappa shape index (κ2) is 3.30. The molecule has 2 rings (SSSR count). The van der Waals surface area contributed by atoms with E-state index in [0.717, 1.165) is 17.9 Å². The molecule has 2 aliphatic rings. The third-order valence-corrected chi connectivity index (χ3v) is 2.70. The molecule has 0 amide bonds. The van der Waals surface area contributed by atoms with Crippen LogP contribution in [0, 0.1) is 18.4 Å². The molecule has 0 aromatic heterocycles. The van der Waals surface area contributed by atoms with Crippen molar-refractivity contribution in [2.45, 2.75) is 25.7 Å². The van der Waals surface area contributed by atoms with Crippen LogP contribution in [-0.4, -0.2) is 0 Å². The average molecular weight is 158 g/mol. The van der Waals surface area contributed by atoms with Crippen LogP contribution in [0.25, 0.3) is 0 Å². The number of allylic oxidation sites excluding steroid dienone is 5. The minimum absolute atomic E-state index is 0.806. The van der Waals surface area contributed by atoms with Gasteiger partial charge in [0.15, 0.2) is 0 Å². The first kappa shape index (κ1) is 7.85. The largest absolute Gasteiger partial charge is 0.0949 e. The number of rotatable bonds is 1. The van der Waals surface area contributed by atoms with E-state index in [2.05, 4.69) is 25.2 Å². The molecule has 62 valence electrons. The van der Waals surface area contributed by atoms with E-state index in [0.29, 0.717) is 0 Å². The molecule has 0 bridgehead atoms. The summed E-state index contributed by atoms with van der Waals surface area (Å²) in [6, 6.07) is 0. The number of hydrogen-bond acceptors (Lipinski definition) is 0. The molecule has 2 aliphatic carbocycles. The molecule has 12 heavy (non-hydrogen) atoms. The minimum atomic E-state index is 0.806. The van der Waals surface area contributed by atoms with Crippen molar-refractivity contribution in [3.8, 4) is 0 Å². The molecule has 0 aliphatic heterocycles. The van der Waals surface area contributed by atoms with Crippen molar-refractivity contribution in [1.29, 1.82) is 0 Å². The second-order valence-electron chi connectivity index (χ2n) is 3.63. The van der Waals surface area contributed by atoms with Crippen molar-refractivity contribution in [1.82, 2.24) is 0 Å². The zero-order valence-corrected chi connectivity index (χ0v) is 7.34. The fraction of sp³-hybridized carbons (Fsp3) is 0.417. The molecule has 0 heterocycles. The molecular weight excluding hydrogens is 144 g/mol. The van der Waals surface area contributed by atoms with Gasteiger partial charge in [-0.2, -0.15) is 0 Å². The topological polar surface area (TPSA) is 0 Å². The zero-order chi connectivity index (χ0) is 8.39. The van der Waals surface area contributed by atoms with E-state index in [9.17, 15) is 0 Å². The summed E-state index contributed by atoms with van der Waals surface area (Å²) in [7, 11) is 0. The summed E-state index contributed by atoms with van der Waals surface area (Å²) < 4.78 is 0. The molecule has 0 aromatic rings. The predicted octanol–water partition coefficient (Wildman–Crippen LogP) is 3.24. The lowest BCUT2D eigenvalue weighted by Gasteiger charge is -2.16. The normalized spacial score (nSPS) is 24.7. The Bertz CT molecular complexity index is 237.